The van der Waals surface area contributed by atoms with Crippen molar-refractivity contribution in [1.82, 2.24) is 9.78 Å². The van der Waals surface area contributed by atoms with Gasteiger partial charge in [-0.25, -0.2) is 13.5 Å². The standard InChI is InChI=1S/C14H11ClF2N4O/c15-10-2-1-8(11(16)12(10)17)13-9(5-18)14(19)21(20-13)7-3-4-22-6-7/h1-2,7H,3-4,6,19H2. The Labute approximate surface area is 129 Å². The lowest BCUT2D eigenvalue weighted by Gasteiger charge is -2.09. The van der Waals surface area contributed by atoms with Crippen molar-refractivity contribution in [2.45, 2.75) is 12.5 Å². The largest absolute Gasteiger partial charge is 0.383 e. The van der Waals surface area contributed by atoms with E-state index in [2.05, 4.69) is 5.10 Å². The summed E-state index contributed by atoms with van der Waals surface area (Å²) in [4.78, 5) is 0. The first-order chi connectivity index (χ1) is 10.5. The Kier molecular flexibility index (Phi) is 3.72. The SMILES string of the molecule is N#Cc1c(-c2ccc(Cl)c(F)c2F)nn(C2CCOC2)c1N. The molecular formula is C14H11ClF2N4O. The van der Waals surface area contributed by atoms with E-state index >= 15 is 0 Å². The number of nitrogens with two attached hydrogens (primary N) is 1. The lowest BCUT2D eigenvalue weighted by Crippen LogP contribution is -2.13. The lowest BCUT2D eigenvalue weighted by atomic mass is 10.1. The van der Waals surface area contributed by atoms with Crippen molar-refractivity contribution in [3.63, 3.8) is 0 Å². The molecule has 1 aliphatic rings. The van der Waals surface area contributed by atoms with Crippen LogP contribution in [0.1, 0.15) is 18.0 Å². The zero-order valence-electron chi connectivity index (χ0n) is 11.3. The van der Waals surface area contributed by atoms with E-state index in [4.69, 9.17) is 22.1 Å². The molecule has 2 heterocycles. The van der Waals surface area contributed by atoms with Gasteiger partial charge in [0.2, 0.25) is 0 Å². The topological polar surface area (TPSA) is 76.9 Å². The van der Waals surface area contributed by atoms with E-state index in [1.54, 1.807) is 0 Å². The third-order valence-corrected chi connectivity index (χ3v) is 3.89. The number of rotatable bonds is 2. The van der Waals surface area contributed by atoms with Crippen LogP contribution >= 0.6 is 11.6 Å². The number of benzene rings is 1. The third kappa shape index (κ3) is 2.21. The van der Waals surface area contributed by atoms with Crippen molar-refractivity contribution in [3.05, 3.63) is 34.4 Å². The molecule has 0 aliphatic carbocycles. The van der Waals surface area contributed by atoms with Crippen molar-refractivity contribution in [3.8, 4) is 17.3 Å². The van der Waals surface area contributed by atoms with Gasteiger partial charge in [-0.2, -0.15) is 10.4 Å². The first-order valence-electron chi connectivity index (χ1n) is 6.54. The summed E-state index contributed by atoms with van der Waals surface area (Å²) >= 11 is 5.54. The van der Waals surface area contributed by atoms with E-state index in [0.29, 0.717) is 19.6 Å². The van der Waals surface area contributed by atoms with Gasteiger partial charge in [0.25, 0.3) is 0 Å². The maximum absolute atomic E-state index is 14.1. The summed E-state index contributed by atoms with van der Waals surface area (Å²) in [5, 5.41) is 13.1. The van der Waals surface area contributed by atoms with Crippen molar-refractivity contribution >= 4 is 17.4 Å². The molecule has 0 radical (unpaired) electrons. The summed E-state index contributed by atoms with van der Waals surface area (Å²) in [5.74, 6) is -2.22. The van der Waals surface area contributed by atoms with Crippen LogP contribution in [0, 0.1) is 23.0 Å². The molecule has 0 saturated carbocycles. The van der Waals surface area contributed by atoms with Gasteiger partial charge in [-0.3, -0.25) is 0 Å². The van der Waals surface area contributed by atoms with E-state index in [9.17, 15) is 14.0 Å². The minimum Gasteiger partial charge on any atom is -0.383 e. The molecular weight excluding hydrogens is 314 g/mol. The molecule has 0 spiro atoms. The molecule has 2 aromatic rings. The normalized spacial score (nSPS) is 17.6. The van der Waals surface area contributed by atoms with Crippen LogP contribution in [0.5, 0.6) is 0 Å². The van der Waals surface area contributed by atoms with Gasteiger partial charge < -0.3 is 10.5 Å². The molecule has 1 aliphatic heterocycles. The highest BCUT2D eigenvalue weighted by Crippen LogP contribution is 2.34. The monoisotopic (exact) mass is 324 g/mol. The van der Waals surface area contributed by atoms with E-state index < -0.39 is 11.6 Å². The Balaban J connectivity index is 2.17. The highest BCUT2D eigenvalue weighted by atomic mass is 35.5. The summed E-state index contributed by atoms with van der Waals surface area (Å²) in [6.07, 6.45) is 0.688. The molecule has 0 amide bonds. The number of hydrogen-bond acceptors (Lipinski definition) is 4. The summed E-state index contributed by atoms with van der Waals surface area (Å²) in [6, 6.07) is 4.26. The van der Waals surface area contributed by atoms with Crippen molar-refractivity contribution in [1.29, 1.82) is 5.26 Å². The molecule has 1 atom stereocenters. The molecule has 1 saturated heterocycles. The second kappa shape index (κ2) is 5.55. The van der Waals surface area contributed by atoms with Crippen LogP contribution in [0.25, 0.3) is 11.3 Å². The maximum atomic E-state index is 14.1. The van der Waals surface area contributed by atoms with Crippen LogP contribution in [0.2, 0.25) is 5.02 Å². The van der Waals surface area contributed by atoms with Crippen LogP contribution in [-0.2, 0) is 4.74 Å². The van der Waals surface area contributed by atoms with Gasteiger partial charge in [0.15, 0.2) is 11.6 Å². The number of ether oxygens (including phenoxy) is 1. The third-order valence-electron chi connectivity index (χ3n) is 3.60. The molecule has 1 aromatic heterocycles. The summed E-state index contributed by atoms with van der Waals surface area (Å²) < 4.78 is 34.4. The first-order valence-corrected chi connectivity index (χ1v) is 6.92. The minimum absolute atomic E-state index is 0.0000309. The van der Waals surface area contributed by atoms with E-state index in [1.807, 2.05) is 6.07 Å². The number of nitrogen functional groups attached to an aromatic ring is 1. The van der Waals surface area contributed by atoms with Gasteiger partial charge in [0, 0.05) is 12.2 Å². The van der Waals surface area contributed by atoms with Gasteiger partial charge >= 0.3 is 0 Å². The molecule has 5 nitrogen and oxygen atoms in total. The smallest absolute Gasteiger partial charge is 0.178 e. The Morgan fingerprint density at radius 3 is 2.82 bits per heavy atom. The number of anilines is 1. The summed E-state index contributed by atoms with van der Waals surface area (Å²) in [7, 11) is 0. The Morgan fingerprint density at radius 1 is 1.41 bits per heavy atom. The second-order valence-electron chi connectivity index (χ2n) is 4.91. The highest BCUT2D eigenvalue weighted by Gasteiger charge is 2.27. The fraction of sp³-hybridized carbons (Fsp3) is 0.286. The minimum atomic E-state index is -1.18. The van der Waals surface area contributed by atoms with E-state index in [1.165, 1.54) is 16.8 Å². The molecule has 2 N–H and O–H groups in total. The van der Waals surface area contributed by atoms with E-state index in [0.717, 1.165) is 0 Å². The Bertz CT molecular complexity index is 778. The van der Waals surface area contributed by atoms with Crippen LogP contribution in [-0.4, -0.2) is 23.0 Å². The van der Waals surface area contributed by atoms with Gasteiger partial charge in [-0.1, -0.05) is 11.6 Å². The fourth-order valence-electron chi connectivity index (χ4n) is 2.45. The highest BCUT2D eigenvalue weighted by molar-refractivity contribution is 6.30. The fourth-order valence-corrected chi connectivity index (χ4v) is 2.59. The van der Waals surface area contributed by atoms with Crippen LogP contribution in [0.3, 0.4) is 0 Å². The zero-order chi connectivity index (χ0) is 15.9. The molecule has 3 rings (SSSR count). The zero-order valence-corrected chi connectivity index (χ0v) is 12.1. The van der Waals surface area contributed by atoms with Crippen LogP contribution < -0.4 is 5.73 Å². The van der Waals surface area contributed by atoms with Gasteiger partial charge in [-0.05, 0) is 18.6 Å². The second-order valence-corrected chi connectivity index (χ2v) is 5.31. The summed E-state index contributed by atoms with van der Waals surface area (Å²) in [5.41, 5.74) is 5.79. The first kappa shape index (κ1) is 14.8. The average molecular weight is 325 g/mol. The molecule has 1 unspecified atom stereocenters. The lowest BCUT2D eigenvalue weighted by molar-refractivity contribution is 0.185. The molecule has 8 heteroatoms. The van der Waals surface area contributed by atoms with Crippen molar-refractivity contribution < 1.29 is 13.5 Å². The van der Waals surface area contributed by atoms with Crippen molar-refractivity contribution in [2.24, 2.45) is 0 Å². The average Bonchev–Trinajstić information content (AvgIpc) is 3.12. The number of nitrogens with zero attached hydrogens (tertiary/aromatic N) is 3. The van der Waals surface area contributed by atoms with Crippen LogP contribution in [0.15, 0.2) is 12.1 Å². The number of nitriles is 1. The number of aromatic nitrogens is 2. The van der Waals surface area contributed by atoms with Gasteiger partial charge in [0.05, 0.1) is 17.7 Å². The maximum Gasteiger partial charge on any atom is 0.178 e. The molecule has 1 fully saturated rings. The Morgan fingerprint density at radius 2 is 2.18 bits per heavy atom. The molecule has 0 bridgehead atoms. The quantitative estimate of drug-likeness (QED) is 0.862. The molecule has 22 heavy (non-hydrogen) atoms. The predicted octanol–water partition coefficient (Wildman–Crippen LogP) is 2.90. The van der Waals surface area contributed by atoms with Crippen LogP contribution in [0.4, 0.5) is 14.6 Å². The summed E-state index contributed by atoms with van der Waals surface area (Å²) in [6.45, 7) is 0.971. The molecule has 1 aromatic carbocycles. The van der Waals surface area contributed by atoms with Crippen molar-refractivity contribution in [2.75, 3.05) is 18.9 Å². The number of halogens is 3. The van der Waals surface area contributed by atoms with Gasteiger partial charge in [0.1, 0.15) is 23.1 Å². The number of hydrogen-bond donors (Lipinski definition) is 1. The molecule has 114 valence electrons. The van der Waals surface area contributed by atoms with E-state index in [-0.39, 0.29) is 33.7 Å². The predicted molar refractivity (Wildman–Crippen MR) is 76.2 cm³/mol. The van der Waals surface area contributed by atoms with Gasteiger partial charge in [-0.15, -0.1) is 0 Å². The Hall–Kier alpha value is -2.17.